The number of nitrogens with zero attached hydrogens (tertiary/aromatic N) is 4. The average molecular weight is 299 g/mol. The average Bonchev–Trinajstić information content (AvgIpc) is 2.57. The van der Waals surface area contributed by atoms with Crippen molar-refractivity contribution >= 4 is 11.8 Å². The summed E-state index contributed by atoms with van der Waals surface area (Å²) in [6.07, 6.45) is 7.62. The smallest absolute Gasteiger partial charge is 0.227 e. The number of hydrogen-bond acceptors (Lipinski definition) is 6. The van der Waals surface area contributed by atoms with E-state index in [0.717, 1.165) is 37.1 Å². The minimum atomic E-state index is 0.277. The number of nitrogen functional groups attached to an aromatic ring is 1. The van der Waals surface area contributed by atoms with Crippen molar-refractivity contribution in [2.75, 3.05) is 23.7 Å². The maximum atomic E-state index is 5.96. The normalized spacial score (nSPS) is 16.0. The Morgan fingerprint density at radius 1 is 1.32 bits per heavy atom. The molecule has 1 aliphatic rings. The molecule has 0 bridgehead atoms. The number of nitrogens with two attached hydrogens (primary N) is 1. The second-order valence-electron chi connectivity index (χ2n) is 5.60. The second kappa shape index (κ2) is 6.70. The highest BCUT2D eigenvalue weighted by Gasteiger charge is 2.21. The third-order valence-corrected chi connectivity index (χ3v) is 3.93. The summed E-state index contributed by atoms with van der Waals surface area (Å²) < 4.78 is 5.96. The van der Waals surface area contributed by atoms with E-state index in [4.69, 9.17) is 10.5 Å². The first kappa shape index (κ1) is 14.7. The van der Waals surface area contributed by atoms with Gasteiger partial charge >= 0.3 is 0 Å². The maximum absolute atomic E-state index is 5.96. The number of hydrogen-bond donors (Lipinski definition) is 1. The van der Waals surface area contributed by atoms with Crippen LogP contribution in [0.4, 0.5) is 11.8 Å². The molecular weight excluding hydrogens is 278 g/mol. The second-order valence-corrected chi connectivity index (χ2v) is 5.60. The highest BCUT2D eigenvalue weighted by atomic mass is 16.5. The van der Waals surface area contributed by atoms with Crippen LogP contribution in [0.15, 0.2) is 30.7 Å². The van der Waals surface area contributed by atoms with Gasteiger partial charge in [0.25, 0.3) is 0 Å². The first-order chi connectivity index (χ1) is 10.7. The van der Waals surface area contributed by atoms with E-state index in [1.807, 2.05) is 25.3 Å². The van der Waals surface area contributed by atoms with Gasteiger partial charge in [-0.2, -0.15) is 4.98 Å². The van der Waals surface area contributed by atoms with Crippen LogP contribution in [0.5, 0.6) is 0 Å². The molecule has 6 heteroatoms. The summed E-state index contributed by atoms with van der Waals surface area (Å²) in [5.41, 5.74) is 7.88. The lowest BCUT2D eigenvalue weighted by Crippen LogP contribution is -2.38. The van der Waals surface area contributed by atoms with Crippen molar-refractivity contribution in [3.63, 3.8) is 0 Å². The predicted octanol–water partition coefficient (Wildman–Crippen LogP) is 1.95. The molecule has 2 aromatic rings. The molecule has 2 aromatic heterocycles. The fourth-order valence-electron chi connectivity index (χ4n) is 2.52. The molecule has 1 fully saturated rings. The molecule has 0 aliphatic carbocycles. The van der Waals surface area contributed by atoms with Crippen molar-refractivity contribution in [2.45, 2.75) is 32.5 Å². The lowest BCUT2D eigenvalue weighted by atomic mass is 10.1. The molecule has 0 unspecified atom stereocenters. The van der Waals surface area contributed by atoms with Crippen molar-refractivity contribution in [3.05, 3.63) is 41.9 Å². The molecule has 3 rings (SSSR count). The van der Waals surface area contributed by atoms with Crippen LogP contribution in [0.1, 0.15) is 24.0 Å². The molecule has 22 heavy (non-hydrogen) atoms. The summed E-state index contributed by atoms with van der Waals surface area (Å²) >= 11 is 0. The first-order valence-electron chi connectivity index (χ1n) is 7.57. The zero-order chi connectivity index (χ0) is 15.4. The summed E-state index contributed by atoms with van der Waals surface area (Å²) in [6.45, 7) is 4.31. The summed E-state index contributed by atoms with van der Waals surface area (Å²) in [5, 5.41) is 0. The Hall–Kier alpha value is -2.21. The molecular formula is C16H21N5O. The third kappa shape index (κ3) is 3.51. The van der Waals surface area contributed by atoms with Gasteiger partial charge in [0.1, 0.15) is 5.82 Å². The Labute approximate surface area is 130 Å². The predicted molar refractivity (Wildman–Crippen MR) is 85.4 cm³/mol. The zero-order valence-electron chi connectivity index (χ0n) is 12.8. The molecule has 2 N–H and O–H groups in total. The van der Waals surface area contributed by atoms with E-state index in [1.165, 1.54) is 0 Å². The van der Waals surface area contributed by atoms with Crippen molar-refractivity contribution in [3.8, 4) is 0 Å². The number of anilines is 2. The highest BCUT2D eigenvalue weighted by molar-refractivity contribution is 5.43. The van der Waals surface area contributed by atoms with Gasteiger partial charge in [0.15, 0.2) is 0 Å². The Balaban J connectivity index is 1.51. The monoisotopic (exact) mass is 299 g/mol. The summed E-state index contributed by atoms with van der Waals surface area (Å²) in [6, 6.07) is 3.96. The van der Waals surface area contributed by atoms with E-state index >= 15 is 0 Å². The van der Waals surface area contributed by atoms with Crippen LogP contribution in [0.3, 0.4) is 0 Å². The van der Waals surface area contributed by atoms with E-state index < -0.39 is 0 Å². The SMILES string of the molecule is Cc1cnc(N2CCC(OCc3cccnc3)CC2)nc1N. The number of rotatable bonds is 4. The van der Waals surface area contributed by atoms with E-state index in [2.05, 4.69) is 19.9 Å². The standard InChI is InChI=1S/C16H21N5O/c1-12-9-19-16(20-15(12)17)21-7-4-14(5-8-21)22-11-13-3-2-6-18-10-13/h2-3,6,9-10,14H,4-5,7-8,11H2,1H3,(H2,17,19,20). The van der Waals surface area contributed by atoms with Gasteiger partial charge in [-0.15, -0.1) is 0 Å². The van der Waals surface area contributed by atoms with Crippen LogP contribution in [-0.2, 0) is 11.3 Å². The summed E-state index contributed by atoms with van der Waals surface area (Å²) in [5.74, 6) is 1.27. The van der Waals surface area contributed by atoms with Gasteiger partial charge in [-0.25, -0.2) is 4.98 Å². The minimum absolute atomic E-state index is 0.277. The van der Waals surface area contributed by atoms with Crippen molar-refractivity contribution < 1.29 is 4.74 Å². The van der Waals surface area contributed by atoms with E-state index in [9.17, 15) is 0 Å². The van der Waals surface area contributed by atoms with Gasteiger partial charge in [-0.05, 0) is 31.4 Å². The molecule has 6 nitrogen and oxygen atoms in total. The van der Waals surface area contributed by atoms with Crippen LogP contribution in [0.2, 0.25) is 0 Å². The van der Waals surface area contributed by atoms with E-state index in [0.29, 0.717) is 18.4 Å². The first-order valence-corrected chi connectivity index (χ1v) is 7.57. The van der Waals surface area contributed by atoms with Gasteiger partial charge in [0, 0.05) is 37.2 Å². The van der Waals surface area contributed by atoms with Crippen LogP contribution in [0, 0.1) is 6.92 Å². The van der Waals surface area contributed by atoms with Gasteiger partial charge in [-0.1, -0.05) is 6.07 Å². The van der Waals surface area contributed by atoms with Crippen molar-refractivity contribution in [2.24, 2.45) is 0 Å². The van der Waals surface area contributed by atoms with Gasteiger partial charge in [0.05, 0.1) is 12.7 Å². The lowest BCUT2D eigenvalue weighted by molar-refractivity contribution is 0.0248. The molecule has 0 amide bonds. The van der Waals surface area contributed by atoms with Gasteiger partial charge in [-0.3, -0.25) is 4.98 Å². The van der Waals surface area contributed by atoms with E-state index in [-0.39, 0.29) is 6.10 Å². The van der Waals surface area contributed by atoms with Crippen LogP contribution >= 0.6 is 0 Å². The molecule has 0 aromatic carbocycles. The molecule has 0 radical (unpaired) electrons. The van der Waals surface area contributed by atoms with Crippen molar-refractivity contribution in [1.82, 2.24) is 15.0 Å². The van der Waals surface area contributed by atoms with Crippen molar-refractivity contribution in [1.29, 1.82) is 0 Å². The molecule has 116 valence electrons. The fourth-order valence-corrected chi connectivity index (χ4v) is 2.52. The fraction of sp³-hybridized carbons (Fsp3) is 0.438. The maximum Gasteiger partial charge on any atom is 0.227 e. The number of piperidine rings is 1. The Bertz CT molecular complexity index is 611. The quantitative estimate of drug-likeness (QED) is 0.929. The zero-order valence-corrected chi connectivity index (χ0v) is 12.8. The lowest BCUT2D eigenvalue weighted by Gasteiger charge is -2.32. The molecule has 1 aliphatic heterocycles. The highest BCUT2D eigenvalue weighted by Crippen LogP contribution is 2.20. The van der Waals surface area contributed by atoms with Gasteiger partial charge in [0.2, 0.25) is 5.95 Å². The number of ether oxygens (including phenoxy) is 1. The van der Waals surface area contributed by atoms with E-state index in [1.54, 1.807) is 12.4 Å². The number of aryl methyl sites for hydroxylation is 1. The summed E-state index contributed by atoms with van der Waals surface area (Å²) in [4.78, 5) is 15.0. The topological polar surface area (TPSA) is 77.2 Å². The van der Waals surface area contributed by atoms with Gasteiger partial charge < -0.3 is 15.4 Å². The summed E-state index contributed by atoms with van der Waals surface area (Å²) in [7, 11) is 0. The molecule has 1 saturated heterocycles. The van der Waals surface area contributed by atoms with Crippen LogP contribution in [-0.4, -0.2) is 34.1 Å². The number of aromatic nitrogens is 3. The Morgan fingerprint density at radius 3 is 2.82 bits per heavy atom. The largest absolute Gasteiger partial charge is 0.383 e. The number of pyridine rings is 1. The van der Waals surface area contributed by atoms with Crippen LogP contribution < -0.4 is 10.6 Å². The minimum Gasteiger partial charge on any atom is -0.383 e. The van der Waals surface area contributed by atoms with Crippen LogP contribution in [0.25, 0.3) is 0 Å². The Morgan fingerprint density at radius 2 is 2.14 bits per heavy atom. The Kier molecular flexibility index (Phi) is 4.48. The third-order valence-electron chi connectivity index (χ3n) is 3.93. The molecule has 0 spiro atoms. The molecule has 0 atom stereocenters. The molecule has 3 heterocycles. The molecule has 0 saturated carbocycles.